The Morgan fingerprint density at radius 3 is 1.62 bits per heavy atom. The normalized spacial score (nSPS) is 14.3. The molecular formula is C64H102N18O13. The van der Waals surface area contributed by atoms with Crippen molar-refractivity contribution in [2.24, 2.45) is 40.7 Å². The second-order valence-corrected chi connectivity index (χ2v) is 24.3. The molecule has 526 valence electrons. The highest BCUT2D eigenvalue weighted by Crippen LogP contribution is 2.20. The van der Waals surface area contributed by atoms with E-state index >= 15 is 0 Å². The lowest BCUT2D eigenvalue weighted by Gasteiger charge is -2.29. The molecule has 1 aromatic heterocycles. The van der Waals surface area contributed by atoms with Crippen LogP contribution in [-0.4, -0.2) is 181 Å². The summed E-state index contributed by atoms with van der Waals surface area (Å²) < 4.78 is 0. The number of amides is 11. The van der Waals surface area contributed by atoms with Crippen LogP contribution in [0.1, 0.15) is 124 Å². The highest BCUT2D eigenvalue weighted by molar-refractivity contribution is 5.99. The van der Waals surface area contributed by atoms with Crippen molar-refractivity contribution < 1.29 is 62.6 Å². The summed E-state index contributed by atoms with van der Waals surface area (Å²) in [6, 6.07) is 5.48. The molecule has 0 fully saturated rings. The van der Waals surface area contributed by atoms with Gasteiger partial charge in [-0.05, 0) is 119 Å². The molecular weight excluding hydrogens is 1230 g/mol. The lowest BCUT2D eigenvalue weighted by molar-refractivity contribution is -0.142. The first-order chi connectivity index (χ1) is 45.1. The smallest absolute Gasteiger partial charge is 0.326 e. The number of carbonyl (C=O) groups excluding carboxylic acids is 11. The molecule has 31 heteroatoms. The molecule has 3 rings (SSSR count). The topological polar surface area (TPSA) is 513 Å². The first kappa shape index (κ1) is 80.0. The highest BCUT2D eigenvalue weighted by Gasteiger charge is 2.36. The largest absolute Gasteiger partial charge is 0.480 e. The average Bonchev–Trinajstić information content (AvgIpc) is 1.74. The zero-order chi connectivity index (χ0) is 70.7. The van der Waals surface area contributed by atoms with Crippen molar-refractivity contribution in [1.82, 2.24) is 68.8 Å². The van der Waals surface area contributed by atoms with Crippen molar-refractivity contribution in [1.29, 1.82) is 5.41 Å². The quantitative estimate of drug-likeness (QED) is 0.0164. The molecule has 95 heavy (non-hydrogen) atoms. The molecule has 0 radical (unpaired) electrons. The van der Waals surface area contributed by atoms with Gasteiger partial charge in [0.05, 0.1) is 25.7 Å². The number of para-hydroxylation sites is 1. The van der Waals surface area contributed by atoms with Crippen LogP contribution in [0.25, 0.3) is 10.9 Å². The fraction of sp³-hybridized carbons (Fsp3) is 0.578. The van der Waals surface area contributed by atoms with Crippen molar-refractivity contribution in [2.45, 2.75) is 180 Å². The molecule has 2 aromatic carbocycles. The van der Waals surface area contributed by atoms with Crippen LogP contribution in [0, 0.1) is 23.2 Å². The van der Waals surface area contributed by atoms with Gasteiger partial charge in [-0.1, -0.05) is 96.5 Å². The Labute approximate surface area is 554 Å². The Bertz CT molecular complexity index is 3040. The van der Waals surface area contributed by atoms with E-state index in [2.05, 4.69) is 68.8 Å². The number of carboxylic acid groups (broad SMARTS) is 1. The number of aromatic amines is 1. The molecule has 0 bridgehead atoms. The molecule has 10 atom stereocenters. The maximum absolute atomic E-state index is 14.7. The Hall–Kier alpha value is -9.23. The molecule has 0 saturated carbocycles. The van der Waals surface area contributed by atoms with Crippen molar-refractivity contribution in [3.05, 3.63) is 71.9 Å². The number of fused-ring (bicyclic) bond motifs is 1. The highest BCUT2D eigenvalue weighted by atomic mass is 16.4. The maximum Gasteiger partial charge on any atom is 0.326 e. The van der Waals surface area contributed by atoms with Gasteiger partial charge in [-0.2, -0.15) is 0 Å². The Morgan fingerprint density at radius 2 is 1.03 bits per heavy atom. The number of carboxylic acids is 1. The summed E-state index contributed by atoms with van der Waals surface area (Å²) in [6.07, 6.45) is 4.47. The van der Waals surface area contributed by atoms with Crippen molar-refractivity contribution in [3.8, 4) is 0 Å². The van der Waals surface area contributed by atoms with E-state index in [1.54, 1.807) is 27.0 Å². The monoisotopic (exact) mass is 1330 g/mol. The first-order valence-electron chi connectivity index (χ1n) is 32.4. The summed E-state index contributed by atoms with van der Waals surface area (Å²) in [7, 11) is 0. The Kier molecular flexibility index (Phi) is 35.5. The Morgan fingerprint density at radius 1 is 0.516 bits per heavy atom. The van der Waals surface area contributed by atoms with Crippen LogP contribution in [0.5, 0.6) is 0 Å². The number of aliphatic carboxylic acids is 1. The fourth-order valence-corrected chi connectivity index (χ4v) is 9.97. The van der Waals surface area contributed by atoms with Crippen molar-refractivity contribution in [2.75, 3.05) is 39.3 Å². The fourth-order valence-electron chi connectivity index (χ4n) is 9.97. The van der Waals surface area contributed by atoms with E-state index in [0.29, 0.717) is 44.2 Å². The van der Waals surface area contributed by atoms with Crippen LogP contribution in [0.15, 0.2) is 60.8 Å². The summed E-state index contributed by atoms with van der Waals surface area (Å²) >= 11 is 0. The molecule has 0 aliphatic carbocycles. The third-order valence-electron chi connectivity index (χ3n) is 15.6. The summed E-state index contributed by atoms with van der Waals surface area (Å²) in [6.45, 7) is 10.8. The van der Waals surface area contributed by atoms with Crippen LogP contribution in [-0.2, 0) is 70.4 Å². The molecule has 0 aliphatic rings. The van der Waals surface area contributed by atoms with Gasteiger partial charge in [-0.15, -0.1) is 0 Å². The molecule has 11 amide bonds. The number of unbranched alkanes of at least 4 members (excludes halogenated alkanes) is 2. The summed E-state index contributed by atoms with van der Waals surface area (Å²) in [5.74, 6) is -11.2. The second-order valence-electron chi connectivity index (χ2n) is 24.3. The first-order valence-corrected chi connectivity index (χ1v) is 32.4. The number of H-pyrrole nitrogens is 1. The number of rotatable bonds is 44. The van der Waals surface area contributed by atoms with E-state index in [1.807, 2.05) is 75.4 Å². The number of nitrogens with two attached hydrogens (primary N) is 4. The van der Waals surface area contributed by atoms with Crippen LogP contribution in [0.2, 0.25) is 0 Å². The van der Waals surface area contributed by atoms with Gasteiger partial charge >= 0.3 is 5.97 Å². The van der Waals surface area contributed by atoms with Crippen LogP contribution < -0.4 is 86.7 Å². The number of benzene rings is 2. The molecule has 0 aliphatic heterocycles. The minimum Gasteiger partial charge on any atom is -0.480 e. The van der Waals surface area contributed by atoms with E-state index < -0.39 is 151 Å². The van der Waals surface area contributed by atoms with E-state index in [4.69, 9.17) is 28.3 Å². The summed E-state index contributed by atoms with van der Waals surface area (Å²) in [5.41, 5.74) is 25.1. The third-order valence-corrected chi connectivity index (χ3v) is 15.6. The van der Waals surface area contributed by atoms with Gasteiger partial charge in [-0.3, -0.25) is 58.1 Å². The predicted octanol–water partition coefficient (Wildman–Crippen LogP) is -2.12. The molecule has 3 aromatic rings. The average molecular weight is 1330 g/mol. The van der Waals surface area contributed by atoms with Gasteiger partial charge in [0.2, 0.25) is 65.0 Å². The number of hydrogen-bond acceptors (Lipinski definition) is 16. The SMILES string of the molecule is CC[C@H](C)[C@H](NC(=O)[C@@H](N)Cc1ccccc1)C(=O)N[C@@H](C)C(=O)N[C@@H](Cc1c[nH]c2ccccc12)C(=O)N[C@@H](CC(C)C)C(=O)N[C@H](C(=O)N[C@@H](CCCCN)C(=O)NCC(=O)N[C@@H](CCCNC(=N)N)C(=O)NCC(=O)NCC(=O)N[C@@H](CCCCN)C(=O)O)C(C)C. The van der Waals surface area contributed by atoms with Crippen LogP contribution in [0.4, 0.5) is 0 Å². The zero-order valence-electron chi connectivity index (χ0n) is 55.6. The predicted molar refractivity (Wildman–Crippen MR) is 357 cm³/mol. The van der Waals surface area contributed by atoms with Crippen molar-refractivity contribution >= 4 is 87.8 Å². The van der Waals surface area contributed by atoms with Gasteiger partial charge in [0.15, 0.2) is 5.96 Å². The molecule has 31 nitrogen and oxygen atoms in total. The maximum atomic E-state index is 14.7. The lowest BCUT2D eigenvalue weighted by atomic mass is 9.97. The number of hydrogen-bond donors (Lipinski definition) is 19. The van der Waals surface area contributed by atoms with Gasteiger partial charge in [0.25, 0.3) is 0 Å². The summed E-state index contributed by atoms with van der Waals surface area (Å²) in [5, 5.41) is 48.7. The van der Waals surface area contributed by atoms with E-state index in [1.165, 1.54) is 6.92 Å². The summed E-state index contributed by atoms with van der Waals surface area (Å²) in [4.78, 5) is 166. The van der Waals surface area contributed by atoms with Crippen LogP contribution >= 0.6 is 0 Å². The van der Waals surface area contributed by atoms with Crippen molar-refractivity contribution in [3.63, 3.8) is 0 Å². The van der Waals surface area contributed by atoms with Gasteiger partial charge in [0.1, 0.15) is 48.3 Å². The zero-order valence-corrected chi connectivity index (χ0v) is 55.6. The number of nitrogens with one attached hydrogen (secondary N) is 14. The standard InChI is InChI=1S/C64H102N18O13/c1-8-38(6)54(82-56(87)43(67)30-40-19-10-9-11-20-40)62(93)75-39(7)55(86)79-49(31-41-32-71-44-22-13-12-21-42(41)44)59(90)80-48(29-36(2)3)60(91)81-53(37(4)5)61(92)78-46(23-14-16-26-65)58(89)74-35-52(85)76-45(25-18-28-70-64(68)69)57(88)73-33-50(83)72-34-51(84)77-47(63(94)95)24-15-17-27-66/h9-13,19-22,32,36-39,43,45-49,53-54,71H,8,14-18,23-31,33-35,65-67H2,1-7H3,(H,72,83)(H,73,88)(H,74,89)(H,75,93)(H,76,85)(H,77,84)(H,78,92)(H,79,86)(H,80,90)(H,81,91)(H,82,87)(H,94,95)(H4,68,69,70)/t38-,39-,43-,45-,46-,47-,48-,49-,53-,54-/m0/s1. The second kappa shape index (κ2) is 42.2. The van der Waals surface area contributed by atoms with Gasteiger partial charge < -0.3 is 96.8 Å². The number of guanidine groups is 1. The molecule has 0 spiro atoms. The number of aromatic nitrogens is 1. The lowest BCUT2D eigenvalue weighted by Crippen LogP contribution is -2.61. The van der Waals surface area contributed by atoms with E-state index in [-0.39, 0.29) is 75.8 Å². The van der Waals surface area contributed by atoms with E-state index in [9.17, 15) is 62.6 Å². The van der Waals surface area contributed by atoms with E-state index in [0.717, 1.165) is 16.5 Å². The van der Waals surface area contributed by atoms with Gasteiger partial charge in [0, 0.05) is 30.1 Å². The minimum absolute atomic E-state index is 0.0404. The minimum atomic E-state index is -1.34. The molecule has 0 unspecified atom stereocenters. The van der Waals surface area contributed by atoms with Gasteiger partial charge in [-0.25, -0.2) is 4.79 Å². The number of carbonyl (C=O) groups is 12. The molecule has 23 N–H and O–H groups in total. The molecule has 0 saturated heterocycles. The van der Waals surface area contributed by atoms with Crippen LogP contribution in [0.3, 0.4) is 0 Å². The Balaban J connectivity index is 1.77. The third kappa shape index (κ3) is 29.3. The molecule has 1 heterocycles.